The van der Waals surface area contributed by atoms with Gasteiger partial charge in [-0.25, -0.2) is 0 Å². The monoisotopic (exact) mass is 782 g/mol. The van der Waals surface area contributed by atoms with E-state index in [9.17, 15) is 40.9 Å². The molecule has 0 aromatic carbocycles. The van der Waals surface area contributed by atoms with Gasteiger partial charge in [-0.3, -0.25) is 0 Å². The summed E-state index contributed by atoms with van der Waals surface area (Å²) in [4.78, 5) is 0. The summed E-state index contributed by atoms with van der Waals surface area (Å²) in [5, 5.41) is 83.7. The van der Waals surface area contributed by atoms with Crippen molar-refractivity contribution in [2.45, 2.75) is 192 Å². The zero-order chi connectivity index (χ0) is 40.2. The Morgan fingerprint density at radius 1 is 0.673 bits per heavy atom. The molecule has 7 aliphatic rings. The van der Waals surface area contributed by atoms with Crippen LogP contribution in [0.15, 0.2) is 11.6 Å². The molecule has 21 atom stereocenters. The number of aliphatic hydroxyl groups excluding tert-OH is 8. The minimum atomic E-state index is -1.52. The predicted molar refractivity (Wildman–Crippen MR) is 199 cm³/mol. The van der Waals surface area contributed by atoms with Crippen molar-refractivity contribution in [1.82, 2.24) is 0 Å². The Hall–Kier alpha value is -0.780. The van der Waals surface area contributed by atoms with Crippen LogP contribution in [0, 0.1) is 45.3 Å². The first kappa shape index (κ1) is 42.3. The van der Waals surface area contributed by atoms with Crippen LogP contribution in [0.1, 0.15) is 107 Å². The van der Waals surface area contributed by atoms with Crippen molar-refractivity contribution >= 4 is 0 Å². The van der Waals surface area contributed by atoms with Gasteiger partial charge in [-0.2, -0.15) is 0 Å². The Morgan fingerprint density at radius 3 is 1.85 bits per heavy atom. The quantitative estimate of drug-likeness (QED) is 0.138. The minimum absolute atomic E-state index is 0.0288. The van der Waals surface area contributed by atoms with Crippen molar-refractivity contribution in [2.24, 2.45) is 45.3 Å². The zero-order valence-electron chi connectivity index (χ0n) is 34.1. The summed E-state index contributed by atoms with van der Waals surface area (Å²) in [5.74, 6) is 0.823. The van der Waals surface area contributed by atoms with E-state index in [1.54, 1.807) is 0 Å². The molecule has 8 N–H and O–H groups in total. The number of hydrogen-bond donors (Lipinski definition) is 8. The molecular formula is C42H70O13. The SMILES string of the molecule is CC(C)=C[C@H]1C[C@](C)(O[C@@H]2O[C@H](CO)[C@@H](O)[C@H](O)[C@H]2O)[C@H]2CC[C@]3(C)[C@@H]2[C@@H](C[C@@H]2[C@@]4(C)CC[C@H](O[C@@H]5O[C@H](CO)[C@@H](O)[C@H](O)[C@H]5O)C(C)(C)[C@@H]4CC[C@]23C)O1. The molecule has 55 heavy (non-hydrogen) atoms. The largest absolute Gasteiger partial charge is 0.394 e. The lowest BCUT2D eigenvalue weighted by atomic mass is 9.35. The van der Waals surface area contributed by atoms with Crippen molar-refractivity contribution in [3.05, 3.63) is 11.6 Å². The first-order valence-electron chi connectivity index (χ1n) is 20.9. The first-order valence-corrected chi connectivity index (χ1v) is 20.9. The molecule has 3 heterocycles. The molecular weight excluding hydrogens is 712 g/mol. The Bertz CT molecular complexity index is 1420. The van der Waals surface area contributed by atoms with Gasteiger partial charge >= 0.3 is 0 Å². The van der Waals surface area contributed by atoms with Gasteiger partial charge in [0.05, 0.1) is 37.1 Å². The number of allylic oxidation sites excluding steroid dienone is 1. The molecule has 4 saturated carbocycles. The van der Waals surface area contributed by atoms with Crippen LogP contribution in [0.5, 0.6) is 0 Å². The van der Waals surface area contributed by atoms with Crippen molar-refractivity contribution in [3.63, 3.8) is 0 Å². The van der Waals surface area contributed by atoms with E-state index in [4.69, 9.17) is 23.7 Å². The average Bonchev–Trinajstić information content (AvgIpc) is 3.45. The van der Waals surface area contributed by atoms with Crippen molar-refractivity contribution in [2.75, 3.05) is 13.2 Å². The molecule has 3 saturated heterocycles. The highest BCUT2D eigenvalue weighted by Crippen LogP contribution is 2.77. The maximum Gasteiger partial charge on any atom is 0.187 e. The van der Waals surface area contributed by atoms with Gasteiger partial charge in [0.2, 0.25) is 0 Å². The number of ether oxygens (including phenoxy) is 5. The average molecular weight is 783 g/mol. The lowest BCUT2D eigenvalue weighted by Gasteiger charge is -2.71. The number of aliphatic hydroxyl groups is 8. The Kier molecular flexibility index (Phi) is 11.4. The van der Waals surface area contributed by atoms with Crippen LogP contribution in [-0.4, -0.2) is 139 Å². The number of rotatable bonds is 7. The molecule has 0 radical (unpaired) electrons. The number of fused-ring (bicyclic) bond motifs is 4. The van der Waals surface area contributed by atoms with E-state index in [1.165, 1.54) is 0 Å². The summed E-state index contributed by atoms with van der Waals surface area (Å²) in [6, 6.07) is 0. The summed E-state index contributed by atoms with van der Waals surface area (Å²) in [5.41, 5.74) is -0.204. The standard InChI is InChI=1S/C42H70O13/c1-20(2)15-21-17-42(8,55-37-35(50)33(48)31(46)25(19-44)53-37)22-9-13-41(7)29(22)23(51-21)16-27-39(5)12-11-28(38(3,4)26(39)10-14-40(27,41)6)54-36-34(49)32(47)30(45)24(18-43)52-36/h15,21-37,43-50H,9-14,16-19H2,1-8H3/t21-,22-,23+,24+,25+,26-,27+,28-,29-,30+,31+,32-,33-,34+,35+,36-,37-,39-,40+,41+,42-/m0/s1. The van der Waals surface area contributed by atoms with E-state index in [2.05, 4.69) is 61.5 Å². The van der Waals surface area contributed by atoms with Crippen LogP contribution in [0.4, 0.5) is 0 Å². The van der Waals surface area contributed by atoms with Crippen LogP contribution < -0.4 is 0 Å². The maximum atomic E-state index is 11.1. The second-order valence-electron chi connectivity index (χ2n) is 20.4. The third-order valence-electron chi connectivity index (χ3n) is 16.9. The molecule has 4 aliphatic carbocycles. The van der Waals surface area contributed by atoms with Gasteiger partial charge in [0.15, 0.2) is 12.6 Å². The predicted octanol–water partition coefficient (Wildman–Crippen LogP) is 2.17. The molecule has 0 unspecified atom stereocenters. The van der Waals surface area contributed by atoms with Crippen LogP contribution in [0.3, 0.4) is 0 Å². The lowest BCUT2D eigenvalue weighted by molar-refractivity contribution is -0.335. The van der Waals surface area contributed by atoms with E-state index in [0.29, 0.717) is 12.3 Å². The highest BCUT2D eigenvalue weighted by molar-refractivity contribution is 5.22. The summed E-state index contributed by atoms with van der Waals surface area (Å²) >= 11 is 0. The highest BCUT2D eigenvalue weighted by Gasteiger charge is 2.73. The van der Waals surface area contributed by atoms with Gasteiger partial charge in [-0.15, -0.1) is 0 Å². The van der Waals surface area contributed by atoms with E-state index in [-0.39, 0.29) is 57.7 Å². The maximum absolute atomic E-state index is 11.1. The first-order chi connectivity index (χ1) is 25.7. The smallest absolute Gasteiger partial charge is 0.187 e. The second-order valence-corrected chi connectivity index (χ2v) is 20.4. The molecule has 3 aliphatic heterocycles. The molecule has 13 heteroatoms. The van der Waals surface area contributed by atoms with E-state index in [1.807, 2.05) is 0 Å². The summed E-state index contributed by atoms with van der Waals surface area (Å²) in [6.07, 6.45) is -4.87. The molecule has 7 fully saturated rings. The van der Waals surface area contributed by atoms with Crippen molar-refractivity contribution in [1.29, 1.82) is 0 Å². The van der Waals surface area contributed by atoms with Crippen molar-refractivity contribution in [3.8, 4) is 0 Å². The summed E-state index contributed by atoms with van der Waals surface area (Å²) < 4.78 is 32.4. The van der Waals surface area contributed by atoms with Gasteiger partial charge in [0.1, 0.15) is 48.8 Å². The Labute approximate surface area is 326 Å². The third kappa shape index (κ3) is 6.53. The minimum Gasteiger partial charge on any atom is -0.394 e. The van der Waals surface area contributed by atoms with Gasteiger partial charge < -0.3 is 64.5 Å². The topological polar surface area (TPSA) is 208 Å². The molecule has 0 spiro atoms. The van der Waals surface area contributed by atoms with Gasteiger partial charge in [0, 0.05) is 6.42 Å². The van der Waals surface area contributed by atoms with Gasteiger partial charge in [-0.05, 0) is 111 Å². The fourth-order valence-electron chi connectivity index (χ4n) is 14.0. The van der Waals surface area contributed by atoms with Gasteiger partial charge in [-0.1, -0.05) is 46.3 Å². The molecule has 0 aromatic rings. The van der Waals surface area contributed by atoms with Crippen LogP contribution >= 0.6 is 0 Å². The van der Waals surface area contributed by atoms with E-state index in [0.717, 1.165) is 50.5 Å². The van der Waals surface area contributed by atoms with Crippen LogP contribution in [0.2, 0.25) is 0 Å². The highest BCUT2D eigenvalue weighted by atomic mass is 16.7. The fourth-order valence-corrected chi connectivity index (χ4v) is 14.0. The lowest BCUT2D eigenvalue weighted by Crippen LogP contribution is -2.67. The number of hydrogen-bond acceptors (Lipinski definition) is 13. The van der Waals surface area contributed by atoms with Crippen LogP contribution in [0.25, 0.3) is 0 Å². The van der Waals surface area contributed by atoms with E-state index < -0.39 is 80.2 Å². The molecule has 0 aromatic heterocycles. The summed E-state index contributed by atoms with van der Waals surface area (Å²) in [7, 11) is 0. The van der Waals surface area contributed by atoms with Crippen LogP contribution in [-0.2, 0) is 23.7 Å². The zero-order valence-corrected chi connectivity index (χ0v) is 34.1. The second kappa shape index (κ2) is 14.7. The molecule has 0 amide bonds. The summed E-state index contributed by atoms with van der Waals surface area (Å²) in [6.45, 7) is 17.1. The molecule has 316 valence electrons. The normalized spacial score (nSPS) is 56.1. The van der Waals surface area contributed by atoms with E-state index >= 15 is 0 Å². The molecule has 7 rings (SSSR count). The molecule has 13 nitrogen and oxygen atoms in total. The Morgan fingerprint density at radius 2 is 1.25 bits per heavy atom. The molecule has 0 bridgehead atoms. The third-order valence-corrected chi connectivity index (χ3v) is 16.9. The van der Waals surface area contributed by atoms with Gasteiger partial charge in [0.25, 0.3) is 0 Å². The van der Waals surface area contributed by atoms with Crippen molar-refractivity contribution < 1.29 is 64.5 Å². The Balaban J connectivity index is 1.19. The fraction of sp³-hybridized carbons (Fsp3) is 0.952.